The molecule has 126 valence electrons. The highest BCUT2D eigenvalue weighted by molar-refractivity contribution is 9.10. The maximum absolute atomic E-state index is 12.5. The third kappa shape index (κ3) is 3.71. The minimum absolute atomic E-state index is 0.196. The number of ether oxygens (including phenoxy) is 2. The second kappa shape index (κ2) is 7.68. The largest absolute Gasteiger partial charge is 0.496 e. The van der Waals surface area contributed by atoms with Gasteiger partial charge in [0.15, 0.2) is 0 Å². The number of halogens is 1. The van der Waals surface area contributed by atoms with Crippen molar-refractivity contribution in [1.29, 1.82) is 0 Å². The Hall–Kier alpha value is -2.05. The van der Waals surface area contributed by atoms with Crippen LogP contribution in [-0.2, 0) is 4.74 Å². The minimum atomic E-state index is -0.196. The van der Waals surface area contributed by atoms with Gasteiger partial charge in [0.25, 0.3) is 5.91 Å². The van der Waals surface area contributed by atoms with Crippen LogP contribution < -0.4 is 15.0 Å². The number of nitrogens with one attached hydrogen (secondary N) is 1. The average molecular weight is 391 g/mol. The van der Waals surface area contributed by atoms with Gasteiger partial charge < -0.3 is 19.7 Å². The van der Waals surface area contributed by atoms with Crippen molar-refractivity contribution in [2.45, 2.75) is 0 Å². The number of morpholine rings is 1. The Morgan fingerprint density at radius 1 is 1.21 bits per heavy atom. The van der Waals surface area contributed by atoms with Gasteiger partial charge in [-0.1, -0.05) is 12.1 Å². The van der Waals surface area contributed by atoms with Crippen molar-refractivity contribution in [3.8, 4) is 5.75 Å². The molecule has 1 heterocycles. The van der Waals surface area contributed by atoms with Gasteiger partial charge in [-0.25, -0.2) is 0 Å². The molecule has 0 aliphatic carbocycles. The van der Waals surface area contributed by atoms with E-state index in [1.54, 1.807) is 19.2 Å². The first-order chi connectivity index (χ1) is 11.7. The van der Waals surface area contributed by atoms with Gasteiger partial charge in [-0.2, -0.15) is 0 Å². The lowest BCUT2D eigenvalue weighted by atomic mass is 10.1. The number of hydrogen-bond acceptors (Lipinski definition) is 4. The summed E-state index contributed by atoms with van der Waals surface area (Å²) >= 11 is 3.60. The molecule has 24 heavy (non-hydrogen) atoms. The second-order valence-electron chi connectivity index (χ2n) is 5.42. The topological polar surface area (TPSA) is 50.8 Å². The van der Waals surface area contributed by atoms with Crippen LogP contribution in [0, 0.1) is 0 Å². The van der Waals surface area contributed by atoms with Crippen molar-refractivity contribution in [2.24, 2.45) is 0 Å². The lowest BCUT2D eigenvalue weighted by Gasteiger charge is -2.29. The zero-order valence-electron chi connectivity index (χ0n) is 13.4. The van der Waals surface area contributed by atoms with Crippen LogP contribution in [0.1, 0.15) is 10.4 Å². The number of amides is 1. The Morgan fingerprint density at radius 3 is 2.67 bits per heavy atom. The zero-order valence-corrected chi connectivity index (χ0v) is 15.0. The number of benzene rings is 2. The van der Waals surface area contributed by atoms with Crippen LogP contribution in [0.2, 0.25) is 0 Å². The van der Waals surface area contributed by atoms with E-state index < -0.39 is 0 Å². The molecule has 5 nitrogen and oxygen atoms in total. The summed E-state index contributed by atoms with van der Waals surface area (Å²) in [5, 5.41) is 2.91. The third-order valence-corrected chi connectivity index (χ3v) is 4.54. The molecule has 1 N–H and O–H groups in total. The van der Waals surface area contributed by atoms with Crippen LogP contribution >= 0.6 is 15.9 Å². The highest BCUT2D eigenvalue weighted by atomic mass is 79.9. The molecule has 1 aliphatic rings. The molecule has 0 bridgehead atoms. The number of anilines is 2. The molecule has 0 spiro atoms. The fourth-order valence-electron chi connectivity index (χ4n) is 2.68. The van der Waals surface area contributed by atoms with Crippen LogP contribution in [0.4, 0.5) is 11.4 Å². The molecular formula is C18H19BrN2O3. The first-order valence-electron chi connectivity index (χ1n) is 7.75. The monoisotopic (exact) mass is 390 g/mol. The molecule has 0 saturated carbocycles. The summed E-state index contributed by atoms with van der Waals surface area (Å²) in [7, 11) is 1.56. The number of hydrogen-bond donors (Lipinski definition) is 1. The van der Waals surface area contributed by atoms with Crippen LogP contribution in [0.15, 0.2) is 46.9 Å². The molecule has 1 fully saturated rings. The van der Waals surface area contributed by atoms with Crippen LogP contribution in [0.25, 0.3) is 0 Å². The number of carbonyl (C=O) groups excluding carboxylic acids is 1. The Labute approximate surface area is 149 Å². The van der Waals surface area contributed by atoms with Gasteiger partial charge in [-0.3, -0.25) is 4.79 Å². The Balaban J connectivity index is 1.76. The highest BCUT2D eigenvalue weighted by Crippen LogP contribution is 2.30. The second-order valence-corrected chi connectivity index (χ2v) is 6.27. The molecule has 0 unspecified atom stereocenters. The lowest BCUT2D eigenvalue weighted by molar-refractivity contribution is 0.102. The number of carbonyl (C=O) groups is 1. The van der Waals surface area contributed by atoms with Gasteiger partial charge in [-0.15, -0.1) is 0 Å². The predicted molar refractivity (Wildman–Crippen MR) is 98.1 cm³/mol. The zero-order chi connectivity index (χ0) is 16.9. The van der Waals surface area contributed by atoms with Crippen LogP contribution in [0.5, 0.6) is 5.75 Å². The molecule has 3 rings (SSSR count). The van der Waals surface area contributed by atoms with Crippen molar-refractivity contribution in [1.82, 2.24) is 0 Å². The highest BCUT2D eigenvalue weighted by Gasteiger charge is 2.16. The number of methoxy groups -OCH3 is 1. The summed E-state index contributed by atoms with van der Waals surface area (Å²) < 4.78 is 11.6. The molecule has 1 amide bonds. The Kier molecular flexibility index (Phi) is 5.37. The van der Waals surface area contributed by atoms with Crippen molar-refractivity contribution >= 4 is 33.2 Å². The number of para-hydroxylation sites is 1. The normalized spacial score (nSPS) is 14.3. The molecule has 0 radical (unpaired) electrons. The molecule has 6 heteroatoms. The van der Waals surface area contributed by atoms with Crippen molar-refractivity contribution in [2.75, 3.05) is 43.6 Å². The standard InChI is InChI=1S/C18H19BrN2O3/c1-23-17-5-3-2-4-14(17)18(22)20-13-6-7-16(15(19)12-13)21-8-10-24-11-9-21/h2-7,12H,8-11H2,1H3,(H,20,22). The predicted octanol–water partition coefficient (Wildman–Crippen LogP) is 3.55. The fraction of sp³-hybridized carbons (Fsp3) is 0.278. The summed E-state index contributed by atoms with van der Waals surface area (Å²) in [5.41, 5.74) is 2.34. The van der Waals surface area contributed by atoms with Gasteiger partial charge in [-0.05, 0) is 46.3 Å². The average Bonchev–Trinajstić information content (AvgIpc) is 2.62. The van der Waals surface area contributed by atoms with E-state index in [0.29, 0.717) is 11.3 Å². The van der Waals surface area contributed by atoms with Crippen molar-refractivity contribution < 1.29 is 14.3 Å². The maximum atomic E-state index is 12.5. The summed E-state index contributed by atoms with van der Waals surface area (Å²) in [6, 6.07) is 13.0. The van der Waals surface area contributed by atoms with E-state index >= 15 is 0 Å². The molecule has 0 atom stereocenters. The van der Waals surface area contributed by atoms with Crippen LogP contribution in [-0.4, -0.2) is 39.3 Å². The molecular weight excluding hydrogens is 372 g/mol. The van der Waals surface area contributed by atoms with E-state index in [9.17, 15) is 4.79 Å². The molecule has 0 aromatic heterocycles. The summed E-state index contributed by atoms with van der Waals surface area (Å²) in [5.74, 6) is 0.359. The van der Waals surface area contributed by atoms with E-state index in [1.165, 1.54) is 0 Å². The maximum Gasteiger partial charge on any atom is 0.259 e. The van der Waals surface area contributed by atoms with Crippen molar-refractivity contribution in [3.05, 3.63) is 52.5 Å². The first kappa shape index (κ1) is 16.8. The third-order valence-electron chi connectivity index (χ3n) is 3.91. The molecule has 2 aromatic carbocycles. The number of rotatable bonds is 4. The van der Waals surface area contributed by atoms with E-state index in [0.717, 1.165) is 42.2 Å². The quantitative estimate of drug-likeness (QED) is 0.866. The van der Waals surface area contributed by atoms with Crippen molar-refractivity contribution in [3.63, 3.8) is 0 Å². The smallest absolute Gasteiger partial charge is 0.259 e. The molecule has 1 saturated heterocycles. The van der Waals surface area contributed by atoms with Gasteiger partial charge in [0, 0.05) is 23.2 Å². The van der Waals surface area contributed by atoms with Gasteiger partial charge >= 0.3 is 0 Å². The lowest BCUT2D eigenvalue weighted by Crippen LogP contribution is -2.36. The van der Waals surface area contributed by atoms with E-state index in [2.05, 4.69) is 26.1 Å². The van der Waals surface area contributed by atoms with Gasteiger partial charge in [0.1, 0.15) is 5.75 Å². The molecule has 1 aliphatic heterocycles. The molecule has 2 aromatic rings. The van der Waals surface area contributed by atoms with E-state index in [1.807, 2.05) is 30.3 Å². The summed E-state index contributed by atoms with van der Waals surface area (Å²) in [6.07, 6.45) is 0. The number of nitrogens with zero attached hydrogens (tertiary/aromatic N) is 1. The van der Waals surface area contributed by atoms with E-state index in [-0.39, 0.29) is 5.91 Å². The first-order valence-corrected chi connectivity index (χ1v) is 8.55. The Bertz CT molecular complexity index is 730. The van der Waals surface area contributed by atoms with E-state index in [4.69, 9.17) is 9.47 Å². The Morgan fingerprint density at radius 2 is 1.96 bits per heavy atom. The fourth-order valence-corrected chi connectivity index (χ4v) is 3.31. The van der Waals surface area contributed by atoms with Gasteiger partial charge in [0.05, 0.1) is 31.6 Å². The SMILES string of the molecule is COc1ccccc1C(=O)Nc1ccc(N2CCOCC2)c(Br)c1. The minimum Gasteiger partial charge on any atom is -0.496 e. The van der Waals surface area contributed by atoms with Crippen LogP contribution in [0.3, 0.4) is 0 Å². The summed E-state index contributed by atoms with van der Waals surface area (Å²) in [4.78, 5) is 14.7. The summed E-state index contributed by atoms with van der Waals surface area (Å²) in [6.45, 7) is 3.20. The van der Waals surface area contributed by atoms with Gasteiger partial charge in [0.2, 0.25) is 0 Å².